The molecule has 0 atom stereocenters. The number of benzene rings is 1. The molecule has 17 heavy (non-hydrogen) atoms. The minimum absolute atomic E-state index is 0.806. The van der Waals surface area contributed by atoms with Crippen LogP contribution in [0, 0.1) is 12.8 Å². The maximum Gasteiger partial charge on any atom is 0.0568 e. The fourth-order valence-electron chi connectivity index (χ4n) is 2.12. The normalized spacial score (nSPS) is 15.1. The van der Waals surface area contributed by atoms with Crippen molar-refractivity contribution < 1.29 is 0 Å². The quantitative estimate of drug-likeness (QED) is 0.819. The van der Waals surface area contributed by atoms with E-state index in [1.165, 1.54) is 24.0 Å². The molecule has 0 radical (unpaired) electrons. The van der Waals surface area contributed by atoms with Gasteiger partial charge in [-0.05, 0) is 48.9 Å². The number of hydrogen-bond acceptors (Lipinski definition) is 2. The van der Waals surface area contributed by atoms with Crippen molar-refractivity contribution in [2.75, 3.05) is 5.73 Å². The lowest BCUT2D eigenvalue weighted by atomic mass is 10.0. The number of nitrogens with zero attached hydrogens (tertiary/aromatic N) is 2. The van der Waals surface area contributed by atoms with Crippen molar-refractivity contribution in [3.05, 3.63) is 36.2 Å². The van der Waals surface area contributed by atoms with Gasteiger partial charge in [0.2, 0.25) is 0 Å². The third-order valence-electron chi connectivity index (χ3n) is 3.35. The molecule has 1 heterocycles. The minimum atomic E-state index is 0.806. The summed E-state index contributed by atoms with van der Waals surface area (Å²) in [5, 5.41) is 4.42. The summed E-state index contributed by atoms with van der Waals surface area (Å²) in [5.74, 6) is 0.852. The van der Waals surface area contributed by atoms with E-state index in [0.29, 0.717) is 0 Å². The van der Waals surface area contributed by atoms with Crippen LogP contribution in [0.25, 0.3) is 11.1 Å². The first kappa shape index (κ1) is 10.4. The maximum absolute atomic E-state index is 5.84. The predicted molar refractivity (Wildman–Crippen MR) is 69.5 cm³/mol. The summed E-state index contributed by atoms with van der Waals surface area (Å²) in [5.41, 5.74) is 10.2. The second-order valence-electron chi connectivity index (χ2n) is 4.97. The van der Waals surface area contributed by atoms with Crippen LogP contribution in [-0.4, -0.2) is 9.78 Å². The molecule has 0 aliphatic heterocycles. The van der Waals surface area contributed by atoms with Crippen LogP contribution in [0.15, 0.2) is 30.6 Å². The van der Waals surface area contributed by atoms with Crippen molar-refractivity contribution in [2.45, 2.75) is 26.3 Å². The first-order valence-corrected chi connectivity index (χ1v) is 6.11. The van der Waals surface area contributed by atoms with Gasteiger partial charge in [-0.15, -0.1) is 0 Å². The SMILES string of the molecule is Cc1ccc(N)cc1-c1cnn(CC2CC2)c1. The van der Waals surface area contributed by atoms with Crippen LogP contribution in [0.3, 0.4) is 0 Å². The minimum Gasteiger partial charge on any atom is -0.399 e. The lowest BCUT2D eigenvalue weighted by Crippen LogP contribution is -1.99. The van der Waals surface area contributed by atoms with Gasteiger partial charge in [0, 0.05) is 24.0 Å². The zero-order valence-corrected chi connectivity index (χ0v) is 10.1. The molecule has 3 nitrogen and oxygen atoms in total. The van der Waals surface area contributed by atoms with Gasteiger partial charge in [0.15, 0.2) is 0 Å². The first-order chi connectivity index (χ1) is 8.22. The van der Waals surface area contributed by atoms with Crippen molar-refractivity contribution >= 4 is 5.69 Å². The molecule has 88 valence electrons. The van der Waals surface area contributed by atoms with Crippen molar-refractivity contribution in [1.29, 1.82) is 0 Å². The van der Waals surface area contributed by atoms with Crippen molar-refractivity contribution in [3.63, 3.8) is 0 Å². The number of nitrogen functional groups attached to an aromatic ring is 1. The van der Waals surface area contributed by atoms with E-state index in [1.807, 2.05) is 18.3 Å². The van der Waals surface area contributed by atoms with E-state index in [2.05, 4.69) is 29.0 Å². The number of aryl methyl sites for hydroxylation is 1. The molecular formula is C14H17N3. The summed E-state index contributed by atoms with van der Waals surface area (Å²) >= 11 is 0. The summed E-state index contributed by atoms with van der Waals surface area (Å²) in [6.07, 6.45) is 6.77. The van der Waals surface area contributed by atoms with Crippen LogP contribution in [0.4, 0.5) is 5.69 Å². The molecule has 3 heteroatoms. The molecular weight excluding hydrogens is 210 g/mol. The summed E-state index contributed by atoms with van der Waals surface area (Å²) in [6.45, 7) is 3.16. The van der Waals surface area contributed by atoms with Gasteiger partial charge >= 0.3 is 0 Å². The molecule has 0 bridgehead atoms. The molecule has 1 aliphatic carbocycles. The standard InChI is InChI=1S/C14H17N3/c1-10-2-5-13(15)6-14(10)12-7-16-17(9-12)8-11-3-4-11/h2,5-7,9,11H,3-4,8,15H2,1H3. The average molecular weight is 227 g/mol. The molecule has 0 spiro atoms. The van der Waals surface area contributed by atoms with Crippen LogP contribution >= 0.6 is 0 Å². The van der Waals surface area contributed by atoms with Crippen molar-refractivity contribution in [2.24, 2.45) is 5.92 Å². The zero-order valence-electron chi connectivity index (χ0n) is 10.1. The monoisotopic (exact) mass is 227 g/mol. The van der Waals surface area contributed by atoms with Gasteiger partial charge in [-0.25, -0.2) is 0 Å². The number of rotatable bonds is 3. The van der Waals surface area contributed by atoms with Gasteiger partial charge in [0.1, 0.15) is 0 Å². The largest absolute Gasteiger partial charge is 0.399 e. The van der Waals surface area contributed by atoms with Gasteiger partial charge in [-0.3, -0.25) is 4.68 Å². The van der Waals surface area contributed by atoms with Gasteiger partial charge in [0.25, 0.3) is 0 Å². The molecule has 1 fully saturated rings. The van der Waals surface area contributed by atoms with E-state index in [0.717, 1.165) is 23.7 Å². The smallest absolute Gasteiger partial charge is 0.0568 e. The lowest BCUT2D eigenvalue weighted by molar-refractivity contribution is 0.563. The molecule has 1 aliphatic rings. The fraction of sp³-hybridized carbons (Fsp3) is 0.357. The first-order valence-electron chi connectivity index (χ1n) is 6.11. The van der Waals surface area contributed by atoms with Crippen molar-refractivity contribution in [1.82, 2.24) is 9.78 Å². The molecule has 1 saturated carbocycles. The molecule has 3 rings (SSSR count). The summed E-state index contributed by atoms with van der Waals surface area (Å²) < 4.78 is 2.05. The lowest BCUT2D eigenvalue weighted by Gasteiger charge is -2.04. The van der Waals surface area contributed by atoms with Crippen molar-refractivity contribution in [3.8, 4) is 11.1 Å². The van der Waals surface area contributed by atoms with Crippen LogP contribution in [-0.2, 0) is 6.54 Å². The Labute approximate surface area is 101 Å². The number of aromatic nitrogens is 2. The number of hydrogen-bond donors (Lipinski definition) is 1. The molecule has 2 aromatic rings. The zero-order chi connectivity index (χ0) is 11.8. The molecule has 1 aromatic carbocycles. The molecule has 0 amide bonds. The Kier molecular flexibility index (Phi) is 2.39. The highest BCUT2D eigenvalue weighted by atomic mass is 15.3. The number of nitrogens with two attached hydrogens (primary N) is 1. The molecule has 0 unspecified atom stereocenters. The average Bonchev–Trinajstić information content (AvgIpc) is 2.99. The highest BCUT2D eigenvalue weighted by molar-refractivity contribution is 5.69. The second kappa shape index (κ2) is 3.91. The predicted octanol–water partition coefficient (Wildman–Crippen LogP) is 2.85. The van der Waals surface area contributed by atoms with Gasteiger partial charge in [0.05, 0.1) is 6.20 Å². The Bertz CT molecular complexity index is 538. The molecule has 1 aromatic heterocycles. The Morgan fingerprint density at radius 1 is 1.41 bits per heavy atom. The summed E-state index contributed by atoms with van der Waals surface area (Å²) in [4.78, 5) is 0. The van der Waals surface area contributed by atoms with Gasteiger partial charge in [-0.1, -0.05) is 6.07 Å². The van der Waals surface area contributed by atoms with E-state index in [-0.39, 0.29) is 0 Å². The number of anilines is 1. The van der Waals surface area contributed by atoms with Crippen LogP contribution < -0.4 is 5.73 Å². The van der Waals surface area contributed by atoms with E-state index >= 15 is 0 Å². The Hall–Kier alpha value is -1.77. The molecule has 0 saturated heterocycles. The van der Waals surface area contributed by atoms with Gasteiger partial charge < -0.3 is 5.73 Å². The highest BCUT2D eigenvalue weighted by Crippen LogP contribution is 2.31. The Morgan fingerprint density at radius 2 is 2.24 bits per heavy atom. The third kappa shape index (κ3) is 2.18. The van der Waals surface area contributed by atoms with E-state index < -0.39 is 0 Å². The summed E-state index contributed by atoms with van der Waals surface area (Å²) in [6, 6.07) is 6.02. The molecule has 2 N–H and O–H groups in total. The van der Waals surface area contributed by atoms with E-state index in [9.17, 15) is 0 Å². The van der Waals surface area contributed by atoms with Crippen LogP contribution in [0.2, 0.25) is 0 Å². The van der Waals surface area contributed by atoms with E-state index in [1.54, 1.807) is 0 Å². The highest BCUT2D eigenvalue weighted by Gasteiger charge is 2.22. The Balaban J connectivity index is 1.91. The van der Waals surface area contributed by atoms with Crippen LogP contribution in [0.1, 0.15) is 18.4 Å². The summed E-state index contributed by atoms with van der Waals surface area (Å²) in [7, 11) is 0. The Morgan fingerprint density at radius 3 is 3.00 bits per heavy atom. The maximum atomic E-state index is 5.84. The van der Waals surface area contributed by atoms with E-state index in [4.69, 9.17) is 5.73 Å². The van der Waals surface area contributed by atoms with Gasteiger partial charge in [-0.2, -0.15) is 5.10 Å². The topological polar surface area (TPSA) is 43.8 Å². The fourth-order valence-corrected chi connectivity index (χ4v) is 2.12. The third-order valence-corrected chi connectivity index (χ3v) is 3.35. The second-order valence-corrected chi connectivity index (χ2v) is 4.97. The van der Waals surface area contributed by atoms with Crippen LogP contribution in [0.5, 0.6) is 0 Å².